The van der Waals surface area contributed by atoms with E-state index in [1.165, 1.54) is 4.90 Å². The minimum atomic E-state index is -0.903. The van der Waals surface area contributed by atoms with Crippen molar-refractivity contribution in [3.63, 3.8) is 0 Å². The highest BCUT2D eigenvalue weighted by atomic mass is 16.4. The third-order valence-corrected chi connectivity index (χ3v) is 3.47. The topological polar surface area (TPSA) is 77.2 Å². The van der Waals surface area contributed by atoms with E-state index in [1.54, 1.807) is 6.20 Å². The summed E-state index contributed by atoms with van der Waals surface area (Å²) in [5.74, 6) is 0. The molecule has 0 radical (unpaired) electrons. The van der Waals surface area contributed by atoms with E-state index >= 15 is 0 Å². The molecule has 0 unspecified atom stereocenters. The summed E-state index contributed by atoms with van der Waals surface area (Å²) < 4.78 is 0. The maximum atomic E-state index is 10.8. The van der Waals surface area contributed by atoms with E-state index in [2.05, 4.69) is 11.1 Å². The molecule has 1 N–H and O–H groups in total. The fourth-order valence-corrected chi connectivity index (χ4v) is 2.30. The van der Waals surface area contributed by atoms with Crippen molar-refractivity contribution in [2.75, 3.05) is 13.1 Å². The second-order valence-electron chi connectivity index (χ2n) is 4.66. The number of carbonyl (C=O) groups is 1. The predicted octanol–water partition coefficient (Wildman–Crippen LogP) is 1.91. The Morgan fingerprint density at radius 3 is 2.72 bits per heavy atom. The smallest absolute Gasteiger partial charge is 0.407 e. The fraction of sp³-hybridized carbons (Fsp3) is 0.462. The summed E-state index contributed by atoms with van der Waals surface area (Å²) in [5, 5.41) is 18.3. The number of hydrogen-bond acceptors (Lipinski definition) is 3. The van der Waals surface area contributed by atoms with Crippen LogP contribution < -0.4 is 0 Å². The molecule has 1 aromatic rings. The van der Waals surface area contributed by atoms with Gasteiger partial charge in [-0.3, -0.25) is 4.98 Å². The molecule has 2 rings (SSSR count). The number of rotatable bonds is 2. The first-order chi connectivity index (χ1) is 8.65. The first-order valence-electron chi connectivity index (χ1n) is 5.94. The van der Waals surface area contributed by atoms with Gasteiger partial charge in [-0.15, -0.1) is 0 Å². The Hall–Kier alpha value is -2.09. The van der Waals surface area contributed by atoms with Gasteiger partial charge in [0.05, 0.1) is 11.5 Å². The minimum absolute atomic E-state index is 0.426. The number of pyridine rings is 1. The third-order valence-electron chi connectivity index (χ3n) is 3.47. The molecule has 1 saturated heterocycles. The number of likely N-dealkylation sites (tertiary alicyclic amines) is 1. The normalized spacial score (nSPS) is 18.1. The minimum Gasteiger partial charge on any atom is -0.465 e. The van der Waals surface area contributed by atoms with E-state index in [0.29, 0.717) is 32.4 Å². The van der Waals surface area contributed by atoms with Crippen molar-refractivity contribution >= 4 is 6.09 Å². The zero-order chi connectivity index (χ0) is 13.0. The highest BCUT2D eigenvalue weighted by Gasteiger charge is 2.36. The van der Waals surface area contributed by atoms with Crippen molar-refractivity contribution in [1.82, 2.24) is 9.88 Å². The van der Waals surface area contributed by atoms with E-state index < -0.39 is 11.5 Å². The van der Waals surface area contributed by atoms with Gasteiger partial charge in [0.1, 0.15) is 0 Å². The maximum Gasteiger partial charge on any atom is 0.407 e. The molecule has 2 heterocycles. The van der Waals surface area contributed by atoms with Crippen LogP contribution in [0.2, 0.25) is 0 Å². The molecule has 5 nitrogen and oxygen atoms in total. The number of hydrogen-bond donors (Lipinski definition) is 1. The number of amides is 1. The molecule has 1 aliphatic rings. The largest absolute Gasteiger partial charge is 0.465 e. The lowest BCUT2D eigenvalue weighted by Crippen LogP contribution is -2.43. The average Bonchev–Trinajstić information content (AvgIpc) is 2.40. The van der Waals surface area contributed by atoms with Crippen LogP contribution in [-0.2, 0) is 6.42 Å². The van der Waals surface area contributed by atoms with Crippen molar-refractivity contribution in [2.24, 2.45) is 5.41 Å². The number of aromatic nitrogens is 1. The molecule has 0 aliphatic carbocycles. The Labute approximate surface area is 106 Å². The molecule has 0 saturated carbocycles. The average molecular weight is 245 g/mol. The van der Waals surface area contributed by atoms with Crippen LogP contribution in [0, 0.1) is 16.7 Å². The molecule has 1 aromatic heterocycles. The van der Waals surface area contributed by atoms with Crippen LogP contribution in [0.4, 0.5) is 4.79 Å². The van der Waals surface area contributed by atoms with Crippen LogP contribution in [0.15, 0.2) is 24.4 Å². The Kier molecular flexibility index (Phi) is 3.47. The summed E-state index contributed by atoms with van der Waals surface area (Å²) in [6.45, 7) is 0.853. The third kappa shape index (κ3) is 2.59. The Bertz CT molecular complexity index is 459. The molecule has 18 heavy (non-hydrogen) atoms. The quantitative estimate of drug-likeness (QED) is 0.863. The van der Waals surface area contributed by atoms with Gasteiger partial charge >= 0.3 is 6.09 Å². The Morgan fingerprint density at radius 1 is 1.50 bits per heavy atom. The van der Waals surface area contributed by atoms with Crippen LogP contribution in [0.5, 0.6) is 0 Å². The molecule has 94 valence electrons. The maximum absolute atomic E-state index is 10.8. The zero-order valence-corrected chi connectivity index (χ0v) is 10.0. The molecular formula is C13H15N3O2. The van der Waals surface area contributed by atoms with Gasteiger partial charge in [0.15, 0.2) is 0 Å². The summed E-state index contributed by atoms with van der Waals surface area (Å²) in [4.78, 5) is 16.5. The van der Waals surface area contributed by atoms with Gasteiger partial charge < -0.3 is 10.0 Å². The van der Waals surface area contributed by atoms with Crippen LogP contribution in [0.1, 0.15) is 18.5 Å². The molecule has 1 amide bonds. The van der Waals surface area contributed by atoms with Gasteiger partial charge in [-0.1, -0.05) is 6.07 Å². The van der Waals surface area contributed by atoms with Crippen molar-refractivity contribution in [3.8, 4) is 6.07 Å². The predicted molar refractivity (Wildman–Crippen MR) is 64.8 cm³/mol. The van der Waals surface area contributed by atoms with Gasteiger partial charge in [-0.2, -0.15) is 5.26 Å². The SMILES string of the molecule is N#CC1(Cc2ccccn2)CCN(C(=O)O)CC1. The molecule has 5 heteroatoms. The lowest BCUT2D eigenvalue weighted by atomic mass is 9.76. The summed E-state index contributed by atoms with van der Waals surface area (Å²) in [6.07, 6.45) is 2.56. The van der Waals surface area contributed by atoms with Crippen molar-refractivity contribution in [2.45, 2.75) is 19.3 Å². The van der Waals surface area contributed by atoms with Crippen molar-refractivity contribution < 1.29 is 9.90 Å². The van der Waals surface area contributed by atoms with Gasteiger partial charge in [0, 0.05) is 31.4 Å². The molecular weight excluding hydrogens is 230 g/mol. The van der Waals surface area contributed by atoms with E-state index in [0.717, 1.165) is 5.69 Å². The zero-order valence-electron chi connectivity index (χ0n) is 10.0. The lowest BCUT2D eigenvalue weighted by molar-refractivity contribution is 0.110. The summed E-state index contributed by atoms with van der Waals surface area (Å²) in [7, 11) is 0. The first kappa shape index (κ1) is 12.4. The van der Waals surface area contributed by atoms with Gasteiger partial charge in [-0.25, -0.2) is 4.79 Å². The first-order valence-corrected chi connectivity index (χ1v) is 5.94. The molecule has 0 aromatic carbocycles. The Balaban J connectivity index is 2.06. The van der Waals surface area contributed by atoms with Crippen molar-refractivity contribution in [3.05, 3.63) is 30.1 Å². The number of piperidine rings is 1. The van der Waals surface area contributed by atoms with Gasteiger partial charge in [-0.05, 0) is 25.0 Å². The second kappa shape index (κ2) is 5.05. The van der Waals surface area contributed by atoms with Crippen LogP contribution in [-0.4, -0.2) is 34.2 Å². The van der Waals surface area contributed by atoms with E-state index in [4.69, 9.17) is 5.11 Å². The van der Waals surface area contributed by atoms with Gasteiger partial charge in [0.2, 0.25) is 0 Å². The number of nitrogens with zero attached hydrogens (tertiary/aromatic N) is 3. The van der Waals surface area contributed by atoms with Crippen LogP contribution in [0.25, 0.3) is 0 Å². The van der Waals surface area contributed by atoms with E-state index in [-0.39, 0.29) is 0 Å². The summed E-state index contributed by atoms with van der Waals surface area (Å²) in [6, 6.07) is 8.02. The highest BCUT2D eigenvalue weighted by Crippen LogP contribution is 2.34. The fourth-order valence-electron chi connectivity index (χ4n) is 2.30. The Morgan fingerprint density at radius 2 is 2.22 bits per heavy atom. The number of carboxylic acid groups (broad SMARTS) is 1. The van der Waals surface area contributed by atoms with Crippen molar-refractivity contribution in [1.29, 1.82) is 5.26 Å². The molecule has 1 fully saturated rings. The highest BCUT2D eigenvalue weighted by molar-refractivity contribution is 5.65. The summed E-state index contributed by atoms with van der Waals surface area (Å²) in [5.41, 5.74) is 0.420. The molecule has 0 atom stereocenters. The summed E-state index contributed by atoms with van der Waals surface area (Å²) >= 11 is 0. The standard InChI is InChI=1S/C13H15N3O2/c14-10-13(9-11-3-1-2-6-15-11)4-7-16(8-5-13)12(17)18/h1-3,6H,4-5,7-9H2,(H,17,18). The molecule has 0 spiro atoms. The van der Waals surface area contributed by atoms with E-state index in [9.17, 15) is 10.1 Å². The lowest BCUT2D eigenvalue weighted by Gasteiger charge is -2.35. The van der Waals surface area contributed by atoms with E-state index in [1.807, 2.05) is 18.2 Å². The number of nitriles is 1. The molecule has 1 aliphatic heterocycles. The second-order valence-corrected chi connectivity index (χ2v) is 4.66. The van der Waals surface area contributed by atoms with Crippen LogP contribution in [0.3, 0.4) is 0 Å². The van der Waals surface area contributed by atoms with Crippen LogP contribution >= 0.6 is 0 Å². The van der Waals surface area contributed by atoms with Gasteiger partial charge in [0.25, 0.3) is 0 Å². The molecule has 0 bridgehead atoms. The monoisotopic (exact) mass is 245 g/mol.